The van der Waals surface area contributed by atoms with Gasteiger partial charge in [-0.1, -0.05) is 27.2 Å². The molecule has 0 bridgehead atoms. The van der Waals surface area contributed by atoms with Gasteiger partial charge in [0.25, 0.3) is 0 Å². The van der Waals surface area contributed by atoms with E-state index in [9.17, 15) is 9.59 Å². The van der Waals surface area contributed by atoms with Gasteiger partial charge in [0, 0.05) is 19.0 Å². The number of carbonyl (C=O) groups excluding carboxylic acids is 2. The summed E-state index contributed by atoms with van der Waals surface area (Å²) in [4.78, 5) is 24.1. The number of hydrogen-bond donors (Lipinski definition) is 2. The summed E-state index contributed by atoms with van der Waals surface area (Å²) in [7, 11) is 0. The number of nitrogens with one attached hydrogen (secondary N) is 2. The van der Waals surface area contributed by atoms with Gasteiger partial charge in [0.05, 0.1) is 0 Å². The lowest BCUT2D eigenvalue weighted by Gasteiger charge is -2.36. The monoisotopic (exact) mass is 368 g/mol. The number of alkyl carbamates (subject to hydrolysis) is 1. The first-order valence-corrected chi connectivity index (χ1v) is 10.3. The van der Waals surface area contributed by atoms with E-state index >= 15 is 0 Å². The molecule has 1 saturated carbocycles. The van der Waals surface area contributed by atoms with Crippen LogP contribution in [0.3, 0.4) is 0 Å². The molecule has 3 atom stereocenters. The molecule has 0 radical (unpaired) electrons. The summed E-state index contributed by atoms with van der Waals surface area (Å²) in [5.41, 5.74) is -0.459. The highest BCUT2D eigenvalue weighted by Gasteiger charge is 2.35. The summed E-state index contributed by atoms with van der Waals surface area (Å²) < 4.78 is 5.19. The fourth-order valence-corrected chi connectivity index (χ4v) is 3.78. The van der Waals surface area contributed by atoms with Gasteiger partial charge < -0.3 is 15.4 Å². The predicted octanol–water partition coefficient (Wildman–Crippen LogP) is 4.51. The summed E-state index contributed by atoms with van der Waals surface area (Å²) in [5, 5.41) is 5.90. The molecule has 1 aliphatic carbocycles. The number of unbranched alkanes of at least 4 members (excludes halogenated alkanes) is 2. The molecule has 2 unspecified atom stereocenters. The lowest BCUT2D eigenvalue weighted by Crippen LogP contribution is -2.40. The number of ether oxygens (including phenoxy) is 1. The largest absolute Gasteiger partial charge is 0.444 e. The van der Waals surface area contributed by atoms with E-state index in [1.807, 2.05) is 20.8 Å². The van der Waals surface area contributed by atoms with Crippen LogP contribution in [-0.2, 0) is 9.53 Å². The molecule has 1 rings (SSSR count). The zero-order valence-electron chi connectivity index (χ0n) is 17.7. The van der Waals surface area contributed by atoms with Crippen LogP contribution in [0, 0.1) is 23.7 Å². The maximum Gasteiger partial charge on any atom is 0.407 e. The van der Waals surface area contributed by atoms with Crippen molar-refractivity contribution in [2.24, 2.45) is 23.7 Å². The molecule has 0 heterocycles. The second kappa shape index (κ2) is 10.8. The number of carbonyl (C=O) groups is 2. The molecule has 1 aliphatic rings. The molecule has 26 heavy (non-hydrogen) atoms. The molecule has 1 fully saturated rings. The van der Waals surface area contributed by atoms with Crippen molar-refractivity contribution < 1.29 is 14.3 Å². The lowest BCUT2D eigenvalue weighted by molar-refractivity contribution is -0.129. The maximum atomic E-state index is 12.6. The Bertz CT molecular complexity index is 443. The van der Waals surface area contributed by atoms with E-state index in [1.165, 1.54) is 12.8 Å². The second-order valence-corrected chi connectivity index (χ2v) is 9.21. The van der Waals surface area contributed by atoms with Gasteiger partial charge in [-0.2, -0.15) is 0 Å². The summed E-state index contributed by atoms with van der Waals surface area (Å²) in [6.45, 7) is 13.6. The van der Waals surface area contributed by atoms with Crippen molar-refractivity contribution in [3.8, 4) is 0 Å². The summed E-state index contributed by atoms with van der Waals surface area (Å²) in [5.74, 6) is 2.15. The summed E-state index contributed by atoms with van der Waals surface area (Å²) in [6.07, 6.45) is 5.89. The van der Waals surface area contributed by atoms with Crippen LogP contribution < -0.4 is 10.6 Å². The Balaban J connectivity index is 2.17. The van der Waals surface area contributed by atoms with Crippen LogP contribution in [0.4, 0.5) is 4.79 Å². The maximum absolute atomic E-state index is 12.6. The van der Waals surface area contributed by atoms with Gasteiger partial charge in [0.15, 0.2) is 0 Å². The van der Waals surface area contributed by atoms with Crippen molar-refractivity contribution in [3.05, 3.63) is 0 Å². The van der Waals surface area contributed by atoms with E-state index in [2.05, 4.69) is 31.4 Å². The molecule has 152 valence electrons. The minimum atomic E-state index is -0.459. The van der Waals surface area contributed by atoms with E-state index < -0.39 is 5.60 Å². The third-order valence-corrected chi connectivity index (χ3v) is 5.18. The van der Waals surface area contributed by atoms with Crippen molar-refractivity contribution in [3.63, 3.8) is 0 Å². The van der Waals surface area contributed by atoms with Gasteiger partial charge in [0.1, 0.15) is 5.60 Å². The zero-order chi connectivity index (χ0) is 19.7. The quantitative estimate of drug-likeness (QED) is 0.620. The number of rotatable bonds is 8. The predicted molar refractivity (Wildman–Crippen MR) is 106 cm³/mol. The van der Waals surface area contributed by atoms with E-state index in [1.54, 1.807) is 0 Å². The molecule has 0 spiro atoms. The Kier molecular flexibility index (Phi) is 9.45. The third kappa shape index (κ3) is 8.91. The Morgan fingerprint density at radius 1 is 1.04 bits per heavy atom. The standard InChI is InChI=1S/C21H40N2O3/c1-15(2)17-11-10-16(3)14-18(17)19(24)22-12-8-7-9-13-23-20(25)26-21(4,5)6/h15-18H,7-14H2,1-6H3,(H,22,24)(H,23,25)/t16?,17-,18?/m0/s1. The number of hydrogen-bond acceptors (Lipinski definition) is 3. The van der Waals surface area contributed by atoms with Crippen molar-refractivity contribution >= 4 is 12.0 Å². The van der Waals surface area contributed by atoms with E-state index in [0.717, 1.165) is 32.2 Å². The minimum Gasteiger partial charge on any atom is -0.444 e. The zero-order valence-corrected chi connectivity index (χ0v) is 17.7. The van der Waals surface area contributed by atoms with Crippen LogP contribution >= 0.6 is 0 Å². The third-order valence-electron chi connectivity index (χ3n) is 5.18. The normalized spacial score (nSPS) is 23.6. The molecular weight excluding hydrogens is 328 g/mol. The highest BCUT2D eigenvalue weighted by molar-refractivity contribution is 5.79. The topological polar surface area (TPSA) is 67.4 Å². The van der Waals surface area contributed by atoms with E-state index in [-0.39, 0.29) is 17.9 Å². The first kappa shape index (κ1) is 22.8. The molecule has 0 aliphatic heterocycles. The van der Waals surface area contributed by atoms with Crippen molar-refractivity contribution in [1.82, 2.24) is 10.6 Å². The van der Waals surface area contributed by atoms with Crippen LogP contribution in [0.5, 0.6) is 0 Å². The van der Waals surface area contributed by atoms with Gasteiger partial charge in [-0.25, -0.2) is 4.79 Å². The second-order valence-electron chi connectivity index (χ2n) is 9.21. The first-order chi connectivity index (χ1) is 12.1. The molecule has 0 aromatic heterocycles. The Labute approximate surface area is 160 Å². The molecule has 5 heteroatoms. The van der Waals surface area contributed by atoms with Crippen LogP contribution in [0.15, 0.2) is 0 Å². The minimum absolute atomic E-state index is 0.174. The van der Waals surface area contributed by atoms with Crippen molar-refractivity contribution in [1.29, 1.82) is 0 Å². The van der Waals surface area contributed by atoms with Gasteiger partial charge in [-0.15, -0.1) is 0 Å². The van der Waals surface area contributed by atoms with Gasteiger partial charge in [-0.05, 0) is 70.6 Å². The molecule has 2 N–H and O–H groups in total. The highest BCUT2D eigenvalue weighted by Crippen LogP contribution is 2.38. The fraction of sp³-hybridized carbons (Fsp3) is 0.905. The fourth-order valence-electron chi connectivity index (χ4n) is 3.78. The van der Waals surface area contributed by atoms with E-state index in [0.29, 0.717) is 24.3 Å². The van der Waals surface area contributed by atoms with Crippen LogP contribution in [0.2, 0.25) is 0 Å². The summed E-state index contributed by atoms with van der Waals surface area (Å²) in [6, 6.07) is 0. The Morgan fingerprint density at radius 3 is 2.23 bits per heavy atom. The lowest BCUT2D eigenvalue weighted by atomic mass is 9.70. The Hall–Kier alpha value is -1.26. The summed E-state index contributed by atoms with van der Waals surface area (Å²) >= 11 is 0. The van der Waals surface area contributed by atoms with Crippen LogP contribution in [-0.4, -0.2) is 30.7 Å². The molecular formula is C21H40N2O3. The van der Waals surface area contributed by atoms with Gasteiger partial charge in [-0.3, -0.25) is 4.79 Å². The smallest absolute Gasteiger partial charge is 0.407 e. The molecule has 0 aromatic carbocycles. The molecule has 0 aromatic rings. The molecule has 2 amide bonds. The van der Waals surface area contributed by atoms with E-state index in [4.69, 9.17) is 4.74 Å². The SMILES string of the molecule is CC1CC[C@@H](C(C)C)C(C(=O)NCCCCCNC(=O)OC(C)(C)C)C1. The van der Waals surface area contributed by atoms with Gasteiger partial charge in [0.2, 0.25) is 5.91 Å². The van der Waals surface area contributed by atoms with Crippen LogP contribution in [0.25, 0.3) is 0 Å². The molecule has 5 nitrogen and oxygen atoms in total. The average Bonchev–Trinajstić information content (AvgIpc) is 2.51. The van der Waals surface area contributed by atoms with Gasteiger partial charge >= 0.3 is 6.09 Å². The average molecular weight is 369 g/mol. The molecule has 0 saturated heterocycles. The van der Waals surface area contributed by atoms with Crippen LogP contribution in [0.1, 0.15) is 80.1 Å². The first-order valence-electron chi connectivity index (χ1n) is 10.3. The van der Waals surface area contributed by atoms with Crippen molar-refractivity contribution in [2.45, 2.75) is 85.7 Å². The number of amides is 2. The Morgan fingerprint density at radius 2 is 1.65 bits per heavy atom. The highest BCUT2D eigenvalue weighted by atomic mass is 16.6. The van der Waals surface area contributed by atoms with Crippen molar-refractivity contribution in [2.75, 3.05) is 13.1 Å².